The second-order valence-electron chi connectivity index (χ2n) is 2.34. The zero-order valence-electron chi connectivity index (χ0n) is 6.85. The van der Waals surface area contributed by atoms with Crippen molar-refractivity contribution in [3.05, 3.63) is 22.6 Å². The van der Waals surface area contributed by atoms with Crippen LogP contribution in [0.2, 0.25) is 0 Å². The smallest absolute Gasteiger partial charge is 0.316 e. The van der Waals surface area contributed by atoms with E-state index >= 15 is 0 Å². The van der Waals surface area contributed by atoms with Crippen LogP contribution in [0.1, 0.15) is 6.92 Å². The van der Waals surface area contributed by atoms with Crippen molar-refractivity contribution in [2.45, 2.75) is 17.3 Å². The third-order valence-electron chi connectivity index (χ3n) is 1.28. The van der Waals surface area contributed by atoms with E-state index in [9.17, 15) is 9.59 Å². The molecule has 0 spiro atoms. The molecule has 0 saturated heterocycles. The second kappa shape index (κ2) is 4.08. The van der Waals surface area contributed by atoms with Crippen molar-refractivity contribution in [3.63, 3.8) is 0 Å². The number of carboxylic acids is 1. The Hall–Kier alpha value is -1.30. The molecule has 0 aromatic carbocycles. The number of thioether (sulfide) groups is 1. The van der Waals surface area contributed by atoms with Gasteiger partial charge in [0.25, 0.3) is 5.56 Å². The Bertz CT molecular complexity index is 363. The summed E-state index contributed by atoms with van der Waals surface area (Å²) in [5, 5.41) is 8.27. The minimum absolute atomic E-state index is 0.282. The molecule has 0 bridgehead atoms. The van der Waals surface area contributed by atoms with E-state index in [0.717, 1.165) is 11.8 Å². The molecule has 1 atom stereocenters. The molecule has 0 saturated carbocycles. The topological polar surface area (TPSA) is 83.0 Å². The minimum Gasteiger partial charge on any atom is -0.480 e. The number of aromatic amines is 1. The molecule has 1 aromatic rings. The van der Waals surface area contributed by atoms with Gasteiger partial charge in [-0.3, -0.25) is 9.59 Å². The summed E-state index contributed by atoms with van der Waals surface area (Å²) in [7, 11) is 0. The molecular weight excluding hydrogens is 192 g/mol. The predicted molar refractivity (Wildman–Crippen MR) is 47.8 cm³/mol. The molecule has 6 heteroatoms. The lowest BCUT2D eigenvalue weighted by molar-refractivity contribution is -0.136. The van der Waals surface area contributed by atoms with Crippen molar-refractivity contribution in [1.82, 2.24) is 9.97 Å². The highest BCUT2D eigenvalue weighted by molar-refractivity contribution is 8.00. The van der Waals surface area contributed by atoms with E-state index < -0.39 is 11.2 Å². The largest absolute Gasteiger partial charge is 0.480 e. The molecule has 13 heavy (non-hydrogen) atoms. The maximum atomic E-state index is 10.8. The first-order valence-corrected chi connectivity index (χ1v) is 4.42. The van der Waals surface area contributed by atoms with Crippen LogP contribution in [0.25, 0.3) is 0 Å². The maximum Gasteiger partial charge on any atom is 0.316 e. The molecule has 5 nitrogen and oxygen atoms in total. The molecule has 1 aromatic heterocycles. The monoisotopic (exact) mass is 200 g/mol. The molecule has 0 aliphatic heterocycles. The second-order valence-corrected chi connectivity index (χ2v) is 3.67. The molecule has 1 rings (SSSR count). The van der Waals surface area contributed by atoms with Gasteiger partial charge < -0.3 is 10.1 Å². The Kier molecular flexibility index (Phi) is 3.07. The average Bonchev–Trinajstić information content (AvgIpc) is 2.04. The lowest BCUT2D eigenvalue weighted by Gasteiger charge is -2.03. The first-order valence-electron chi connectivity index (χ1n) is 3.54. The van der Waals surface area contributed by atoms with E-state index in [1.165, 1.54) is 19.2 Å². The molecule has 0 radical (unpaired) electrons. The third kappa shape index (κ3) is 2.90. The number of nitrogens with zero attached hydrogens (tertiary/aromatic N) is 1. The summed E-state index contributed by atoms with van der Waals surface area (Å²) in [5.41, 5.74) is -0.282. The maximum absolute atomic E-state index is 10.8. The van der Waals surface area contributed by atoms with E-state index in [1.54, 1.807) is 0 Å². The van der Waals surface area contributed by atoms with Gasteiger partial charge in [0, 0.05) is 12.3 Å². The Morgan fingerprint density at radius 2 is 2.46 bits per heavy atom. The van der Waals surface area contributed by atoms with Gasteiger partial charge in [-0.05, 0) is 6.92 Å². The van der Waals surface area contributed by atoms with E-state index in [2.05, 4.69) is 9.97 Å². The fraction of sp³-hybridized carbons (Fsp3) is 0.286. The highest BCUT2D eigenvalue weighted by atomic mass is 32.2. The predicted octanol–water partition coefficient (Wildman–Crippen LogP) is 0.335. The van der Waals surface area contributed by atoms with Gasteiger partial charge in [0.2, 0.25) is 0 Å². The summed E-state index contributed by atoms with van der Waals surface area (Å²) in [6.45, 7) is 1.53. The van der Waals surface area contributed by atoms with Crippen LogP contribution in [0.3, 0.4) is 0 Å². The number of hydrogen-bond acceptors (Lipinski definition) is 4. The van der Waals surface area contributed by atoms with Crippen molar-refractivity contribution < 1.29 is 9.90 Å². The van der Waals surface area contributed by atoms with Crippen molar-refractivity contribution in [2.75, 3.05) is 0 Å². The summed E-state index contributed by atoms with van der Waals surface area (Å²) < 4.78 is 0. The minimum atomic E-state index is -0.934. The van der Waals surface area contributed by atoms with Crippen LogP contribution >= 0.6 is 11.8 Å². The number of carbonyl (C=O) groups is 1. The zero-order chi connectivity index (χ0) is 9.84. The first-order chi connectivity index (χ1) is 6.09. The van der Waals surface area contributed by atoms with Gasteiger partial charge in [0.05, 0.1) is 0 Å². The molecular formula is C7H8N2O3S. The zero-order valence-corrected chi connectivity index (χ0v) is 7.67. The Morgan fingerprint density at radius 1 is 1.77 bits per heavy atom. The number of carboxylic acid groups (broad SMARTS) is 1. The van der Waals surface area contributed by atoms with E-state index in [4.69, 9.17) is 5.11 Å². The van der Waals surface area contributed by atoms with Crippen LogP contribution in [0, 0.1) is 0 Å². The number of hydrogen-bond donors (Lipinski definition) is 2. The summed E-state index contributed by atoms with van der Waals surface area (Å²) in [4.78, 5) is 27.5. The quantitative estimate of drug-likeness (QED) is 0.543. The Balaban J connectivity index is 2.75. The molecule has 1 heterocycles. The highest BCUT2D eigenvalue weighted by Gasteiger charge is 2.13. The van der Waals surface area contributed by atoms with E-state index in [-0.39, 0.29) is 5.56 Å². The summed E-state index contributed by atoms with van der Waals surface area (Å²) >= 11 is 1.000. The number of rotatable bonds is 3. The van der Waals surface area contributed by atoms with Crippen LogP contribution in [0.5, 0.6) is 0 Å². The van der Waals surface area contributed by atoms with Gasteiger partial charge in [0.15, 0.2) is 5.16 Å². The number of nitrogens with one attached hydrogen (secondary N) is 1. The molecule has 70 valence electrons. The highest BCUT2D eigenvalue weighted by Crippen LogP contribution is 2.16. The average molecular weight is 200 g/mol. The fourth-order valence-electron chi connectivity index (χ4n) is 0.630. The fourth-order valence-corrected chi connectivity index (χ4v) is 1.35. The van der Waals surface area contributed by atoms with Crippen molar-refractivity contribution in [1.29, 1.82) is 0 Å². The Labute approximate surface area is 78.2 Å². The molecule has 2 N–H and O–H groups in total. The molecule has 0 fully saturated rings. The van der Waals surface area contributed by atoms with Crippen LogP contribution in [-0.4, -0.2) is 26.3 Å². The van der Waals surface area contributed by atoms with Gasteiger partial charge in [-0.25, -0.2) is 4.98 Å². The van der Waals surface area contributed by atoms with Gasteiger partial charge in [-0.1, -0.05) is 11.8 Å². The van der Waals surface area contributed by atoms with Gasteiger partial charge in [-0.15, -0.1) is 0 Å². The van der Waals surface area contributed by atoms with E-state index in [0.29, 0.717) is 5.16 Å². The standard InChI is InChI=1S/C7H8N2O3S/c1-4(6(11)12)13-7-8-3-2-5(10)9-7/h2-4H,1H3,(H,11,12)(H,8,9,10)/t4-/m0/s1. The van der Waals surface area contributed by atoms with Crippen LogP contribution < -0.4 is 5.56 Å². The number of aromatic nitrogens is 2. The summed E-state index contributed by atoms with van der Waals surface area (Å²) in [5.74, 6) is -0.934. The summed E-state index contributed by atoms with van der Waals surface area (Å²) in [6.07, 6.45) is 1.34. The molecule has 0 unspecified atom stereocenters. The third-order valence-corrected chi connectivity index (χ3v) is 2.27. The van der Waals surface area contributed by atoms with Crippen molar-refractivity contribution in [2.24, 2.45) is 0 Å². The first kappa shape index (κ1) is 9.79. The molecule has 0 amide bonds. The van der Waals surface area contributed by atoms with Crippen LogP contribution in [0.4, 0.5) is 0 Å². The lowest BCUT2D eigenvalue weighted by Crippen LogP contribution is -2.13. The van der Waals surface area contributed by atoms with Crippen molar-refractivity contribution >= 4 is 17.7 Å². The van der Waals surface area contributed by atoms with E-state index in [1.807, 2.05) is 0 Å². The van der Waals surface area contributed by atoms with Gasteiger partial charge in [-0.2, -0.15) is 0 Å². The number of H-pyrrole nitrogens is 1. The van der Waals surface area contributed by atoms with Crippen molar-refractivity contribution in [3.8, 4) is 0 Å². The summed E-state index contributed by atoms with van der Waals surface area (Å²) in [6, 6.07) is 1.27. The Morgan fingerprint density at radius 3 is 3.00 bits per heavy atom. The number of aliphatic carboxylic acids is 1. The normalized spacial score (nSPS) is 12.4. The molecule has 0 aliphatic carbocycles. The van der Waals surface area contributed by atoms with Crippen LogP contribution in [0.15, 0.2) is 22.2 Å². The SMILES string of the molecule is C[C@H](Sc1nccc(=O)[nH]1)C(=O)O. The van der Waals surface area contributed by atoms with Gasteiger partial charge >= 0.3 is 5.97 Å². The lowest BCUT2D eigenvalue weighted by atomic mass is 10.5. The molecule has 0 aliphatic rings. The van der Waals surface area contributed by atoms with Gasteiger partial charge in [0.1, 0.15) is 5.25 Å². The van der Waals surface area contributed by atoms with Crippen LogP contribution in [-0.2, 0) is 4.79 Å².